The van der Waals surface area contributed by atoms with E-state index in [2.05, 4.69) is 55.4 Å². The van der Waals surface area contributed by atoms with Crippen molar-refractivity contribution >= 4 is 39.5 Å². The molecule has 0 spiro atoms. The van der Waals surface area contributed by atoms with Crippen LogP contribution in [0.2, 0.25) is 0 Å². The van der Waals surface area contributed by atoms with Gasteiger partial charge < -0.3 is 33.8 Å². The van der Waals surface area contributed by atoms with Crippen LogP contribution >= 0.6 is 15.6 Å². The van der Waals surface area contributed by atoms with Crippen LogP contribution in [0.15, 0.2) is 0 Å². The first kappa shape index (κ1) is 97.1. The van der Waals surface area contributed by atoms with Crippen molar-refractivity contribution < 1.29 is 80.2 Å². The molecule has 0 saturated heterocycles. The maximum absolute atomic E-state index is 13.1. The van der Waals surface area contributed by atoms with Crippen molar-refractivity contribution in [3.63, 3.8) is 0 Å². The summed E-state index contributed by atoms with van der Waals surface area (Å²) in [7, 11) is -9.92. The minimum absolute atomic E-state index is 0.104. The van der Waals surface area contributed by atoms with Crippen molar-refractivity contribution in [1.29, 1.82) is 0 Å². The number of aliphatic hydroxyl groups excluding tert-OH is 1. The third-order valence-electron chi connectivity index (χ3n) is 19.7. The van der Waals surface area contributed by atoms with E-state index < -0.39 is 97.5 Å². The Labute approximate surface area is 607 Å². The highest BCUT2D eigenvalue weighted by Gasteiger charge is 2.30. The maximum atomic E-state index is 13.1. The summed E-state index contributed by atoms with van der Waals surface area (Å²) in [5, 5.41) is 10.6. The fourth-order valence-corrected chi connectivity index (χ4v) is 13.7. The van der Waals surface area contributed by atoms with Gasteiger partial charge in [0.1, 0.15) is 19.3 Å². The Kier molecular flexibility index (Phi) is 67.8. The molecule has 0 fully saturated rings. The summed E-state index contributed by atoms with van der Waals surface area (Å²) in [6, 6.07) is 0. The summed E-state index contributed by atoms with van der Waals surface area (Å²) in [5.74, 6) is 1.06. The van der Waals surface area contributed by atoms with E-state index >= 15 is 0 Å². The number of aliphatic hydroxyl groups is 1. The topological polar surface area (TPSA) is 237 Å². The first-order valence-electron chi connectivity index (χ1n) is 41.3. The number of carbonyl (C=O) groups excluding carboxylic acids is 4. The van der Waals surface area contributed by atoms with Crippen LogP contribution in [-0.4, -0.2) is 96.7 Å². The standard InChI is InChI=1S/C80H156O17P2/c1-9-71(6)57-49-41-33-25-22-23-26-36-44-52-60-77(82)90-66-75(96-79(84)62-54-46-38-27-21-19-17-15-13-12-14-16-18-20-24-32-40-48-56-70(4)5)68-94-98(86,87)92-64-74(81)65-93-99(88,89)95-69-76(97-80(85)63-55-47-39-31-29-35-43-51-59-73(8)11-3)67-91-78(83)61-53-45-37-30-28-34-42-50-58-72(7)10-2/h70-76,81H,9-69H2,1-8H3,(H,86,87)(H,88,89)/t71?,72?,73?,74-,75-,76-/m1/s1. The second kappa shape index (κ2) is 69.1. The van der Waals surface area contributed by atoms with Gasteiger partial charge in [-0.1, -0.05) is 357 Å². The average Bonchev–Trinajstić information content (AvgIpc) is 1.07. The number of rotatable bonds is 77. The third-order valence-corrected chi connectivity index (χ3v) is 21.6. The zero-order chi connectivity index (χ0) is 73.1. The smallest absolute Gasteiger partial charge is 0.462 e. The molecule has 8 atom stereocenters. The molecule has 0 aromatic carbocycles. The van der Waals surface area contributed by atoms with Gasteiger partial charge in [0.05, 0.1) is 26.4 Å². The molecule has 5 unspecified atom stereocenters. The Morgan fingerprint density at radius 2 is 0.485 bits per heavy atom. The molecule has 3 N–H and O–H groups in total. The number of unbranched alkanes of at least 4 members (excludes halogenated alkanes) is 40. The number of ether oxygens (including phenoxy) is 4. The Morgan fingerprint density at radius 1 is 0.283 bits per heavy atom. The van der Waals surface area contributed by atoms with Gasteiger partial charge >= 0.3 is 39.5 Å². The molecular weight excluding hydrogens is 1290 g/mol. The lowest BCUT2D eigenvalue weighted by Crippen LogP contribution is -2.30. The summed E-state index contributed by atoms with van der Waals surface area (Å²) in [6.07, 6.45) is 55.4. The number of phosphoric ester groups is 2. The minimum Gasteiger partial charge on any atom is -0.462 e. The van der Waals surface area contributed by atoms with Crippen molar-refractivity contribution in [3.8, 4) is 0 Å². The molecule has 0 bridgehead atoms. The Morgan fingerprint density at radius 3 is 0.717 bits per heavy atom. The van der Waals surface area contributed by atoms with E-state index in [9.17, 15) is 43.2 Å². The van der Waals surface area contributed by atoms with Gasteiger partial charge in [0, 0.05) is 25.7 Å². The van der Waals surface area contributed by atoms with Gasteiger partial charge in [-0.15, -0.1) is 0 Å². The lowest BCUT2D eigenvalue weighted by molar-refractivity contribution is -0.161. The lowest BCUT2D eigenvalue weighted by atomic mass is 9.99. The zero-order valence-electron chi connectivity index (χ0n) is 65.1. The molecule has 17 nitrogen and oxygen atoms in total. The summed E-state index contributed by atoms with van der Waals surface area (Å²) < 4.78 is 68.7. The summed E-state index contributed by atoms with van der Waals surface area (Å²) in [5.41, 5.74) is 0. The summed E-state index contributed by atoms with van der Waals surface area (Å²) in [4.78, 5) is 73.0. The predicted octanol–water partition coefficient (Wildman–Crippen LogP) is 23.6. The molecule has 0 amide bonds. The van der Waals surface area contributed by atoms with Gasteiger partial charge in [-0.3, -0.25) is 37.3 Å². The molecule has 588 valence electrons. The van der Waals surface area contributed by atoms with Crippen LogP contribution in [0.5, 0.6) is 0 Å². The quantitative estimate of drug-likeness (QED) is 0.0222. The van der Waals surface area contributed by atoms with Gasteiger partial charge in [-0.2, -0.15) is 0 Å². The fourth-order valence-electron chi connectivity index (χ4n) is 12.2. The normalized spacial score (nSPS) is 14.9. The van der Waals surface area contributed by atoms with E-state index in [4.69, 9.17) is 37.0 Å². The number of esters is 4. The van der Waals surface area contributed by atoms with Crippen LogP contribution < -0.4 is 0 Å². The lowest BCUT2D eigenvalue weighted by Gasteiger charge is -2.21. The SMILES string of the molecule is CCC(C)CCCCCCCCCCCCC(=O)OC[C@H](COP(=O)(O)OC[C@@H](O)COP(=O)(O)OC[C@@H](COC(=O)CCCCCCCCCCC(C)CC)OC(=O)CCCCCCCCCCC(C)CC)OC(=O)CCCCCCCCCCCCCCCCCCCCC(C)C. The van der Waals surface area contributed by atoms with Crippen molar-refractivity contribution in [3.05, 3.63) is 0 Å². The largest absolute Gasteiger partial charge is 0.472 e. The summed E-state index contributed by atoms with van der Waals surface area (Å²) in [6.45, 7) is 14.3. The number of hydrogen-bond acceptors (Lipinski definition) is 15. The Hall–Kier alpha value is -1.94. The predicted molar refractivity (Wildman–Crippen MR) is 404 cm³/mol. The molecule has 99 heavy (non-hydrogen) atoms. The number of carbonyl (C=O) groups is 4. The van der Waals surface area contributed by atoms with E-state index in [1.807, 2.05) is 0 Å². The highest BCUT2D eigenvalue weighted by atomic mass is 31.2. The van der Waals surface area contributed by atoms with Crippen LogP contribution in [-0.2, 0) is 65.4 Å². The second-order valence-electron chi connectivity index (χ2n) is 30.0. The van der Waals surface area contributed by atoms with E-state index in [1.165, 1.54) is 212 Å². The van der Waals surface area contributed by atoms with E-state index in [-0.39, 0.29) is 25.7 Å². The molecule has 0 saturated carbocycles. The van der Waals surface area contributed by atoms with Crippen molar-refractivity contribution in [2.75, 3.05) is 39.6 Å². The fraction of sp³-hybridized carbons (Fsp3) is 0.950. The van der Waals surface area contributed by atoms with Crippen LogP contribution in [0.1, 0.15) is 409 Å². The van der Waals surface area contributed by atoms with Gasteiger partial charge in [-0.05, 0) is 49.4 Å². The van der Waals surface area contributed by atoms with Crippen LogP contribution in [0, 0.1) is 23.7 Å². The highest BCUT2D eigenvalue weighted by Crippen LogP contribution is 2.45. The molecular formula is C80H156O17P2. The second-order valence-corrected chi connectivity index (χ2v) is 32.9. The van der Waals surface area contributed by atoms with E-state index in [0.29, 0.717) is 25.7 Å². The van der Waals surface area contributed by atoms with Gasteiger partial charge in [-0.25, -0.2) is 9.13 Å². The molecule has 0 aliphatic rings. The molecule has 19 heteroatoms. The maximum Gasteiger partial charge on any atom is 0.472 e. The molecule has 0 rings (SSSR count). The first-order valence-corrected chi connectivity index (χ1v) is 44.3. The van der Waals surface area contributed by atoms with Gasteiger partial charge in [0.25, 0.3) is 0 Å². The van der Waals surface area contributed by atoms with Crippen LogP contribution in [0.4, 0.5) is 0 Å². The van der Waals surface area contributed by atoms with Crippen LogP contribution in [0.25, 0.3) is 0 Å². The monoisotopic (exact) mass is 1450 g/mol. The van der Waals surface area contributed by atoms with Gasteiger partial charge in [0.2, 0.25) is 0 Å². The van der Waals surface area contributed by atoms with Crippen molar-refractivity contribution in [1.82, 2.24) is 0 Å². The molecule has 0 aliphatic carbocycles. The van der Waals surface area contributed by atoms with Crippen molar-refractivity contribution in [2.45, 2.75) is 427 Å². The number of hydrogen-bond donors (Lipinski definition) is 3. The van der Waals surface area contributed by atoms with Crippen LogP contribution in [0.3, 0.4) is 0 Å². The van der Waals surface area contributed by atoms with Crippen molar-refractivity contribution in [2.24, 2.45) is 23.7 Å². The summed E-state index contributed by atoms with van der Waals surface area (Å²) >= 11 is 0. The number of phosphoric acid groups is 2. The average molecular weight is 1450 g/mol. The molecule has 0 aliphatic heterocycles. The third kappa shape index (κ3) is 70.2. The molecule has 0 aromatic heterocycles. The molecule has 0 aromatic rings. The first-order chi connectivity index (χ1) is 47.7. The Bertz CT molecular complexity index is 1940. The zero-order valence-corrected chi connectivity index (χ0v) is 66.9. The van der Waals surface area contributed by atoms with Gasteiger partial charge in [0.15, 0.2) is 12.2 Å². The Balaban J connectivity index is 5.24. The molecule has 0 radical (unpaired) electrons. The van der Waals surface area contributed by atoms with E-state index in [1.54, 1.807) is 0 Å². The highest BCUT2D eigenvalue weighted by molar-refractivity contribution is 7.47. The minimum atomic E-state index is -4.96. The van der Waals surface area contributed by atoms with E-state index in [0.717, 1.165) is 114 Å². The molecule has 0 heterocycles.